The van der Waals surface area contributed by atoms with Gasteiger partial charge in [0, 0.05) is 18.4 Å². The molecule has 0 bridgehead atoms. The van der Waals surface area contributed by atoms with E-state index in [1.807, 2.05) is 0 Å². The summed E-state index contributed by atoms with van der Waals surface area (Å²) < 4.78 is 73.4. The van der Waals surface area contributed by atoms with Crippen molar-refractivity contribution < 1.29 is 31.8 Å². The maximum Gasteiger partial charge on any atom is 0.394 e. The summed E-state index contributed by atoms with van der Waals surface area (Å²) in [6.45, 7) is 0. The van der Waals surface area contributed by atoms with E-state index in [9.17, 15) is 27.1 Å². The van der Waals surface area contributed by atoms with E-state index in [4.69, 9.17) is 4.74 Å². The van der Waals surface area contributed by atoms with E-state index in [0.717, 1.165) is 11.9 Å². The van der Waals surface area contributed by atoms with Crippen molar-refractivity contribution >= 4 is 11.9 Å². The normalized spacial score (nSPS) is 42.7. The van der Waals surface area contributed by atoms with Crippen LogP contribution in [0.1, 0.15) is 32.1 Å². The molecular formula is C14H22F5NO2S. The Kier molecular flexibility index (Phi) is 6.55. The highest BCUT2D eigenvalue weighted by Crippen LogP contribution is 2.39. The zero-order valence-electron chi connectivity index (χ0n) is 12.7. The van der Waals surface area contributed by atoms with Crippen molar-refractivity contribution in [2.45, 2.75) is 74.1 Å². The summed E-state index contributed by atoms with van der Waals surface area (Å²) in [5.74, 6) is -1.69. The molecule has 0 aromatic carbocycles. The molecule has 23 heavy (non-hydrogen) atoms. The largest absolute Gasteiger partial charge is 0.394 e. The minimum absolute atomic E-state index is 0.0112. The van der Waals surface area contributed by atoms with Crippen molar-refractivity contribution in [2.24, 2.45) is 5.92 Å². The molecular weight excluding hydrogens is 341 g/mol. The van der Waals surface area contributed by atoms with Gasteiger partial charge in [-0.1, -0.05) is 11.9 Å². The summed E-state index contributed by atoms with van der Waals surface area (Å²) in [6, 6.07) is -0.287. The Labute approximate surface area is 136 Å². The molecule has 3 nitrogen and oxygen atoms in total. The monoisotopic (exact) mass is 363 g/mol. The van der Waals surface area contributed by atoms with Crippen molar-refractivity contribution in [1.82, 2.24) is 4.72 Å². The summed E-state index contributed by atoms with van der Waals surface area (Å²) in [5, 5.41) is 9.35. The van der Waals surface area contributed by atoms with Gasteiger partial charge in [-0.25, -0.2) is 8.78 Å². The lowest BCUT2D eigenvalue weighted by Gasteiger charge is -2.36. The van der Waals surface area contributed by atoms with Crippen LogP contribution in [0.4, 0.5) is 22.0 Å². The molecule has 2 fully saturated rings. The zero-order valence-corrected chi connectivity index (χ0v) is 13.5. The number of methoxy groups -OCH3 is 1. The maximum atomic E-state index is 13.8. The number of hydrogen-bond donors (Lipinski definition) is 2. The van der Waals surface area contributed by atoms with Crippen LogP contribution in [0.15, 0.2) is 0 Å². The third kappa shape index (κ3) is 4.93. The Morgan fingerprint density at radius 2 is 1.70 bits per heavy atom. The van der Waals surface area contributed by atoms with Crippen LogP contribution < -0.4 is 4.72 Å². The summed E-state index contributed by atoms with van der Waals surface area (Å²) >= 11 is 1.16. The second-order valence-corrected chi connectivity index (χ2v) is 7.42. The molecule has 0 heterocycles. The Bertz CT molecular complexity index is 375. The first-order valence-corrected chi connectivity index (χ1v) is 8.57. The molecule has 4 unspecified atom stereocenters. The van der Waals surface area contributed by atoms with Crippen LogP contribution in [0.5, 0.6) is 0 Å². The van der Waals surface area contributed by atoms with Crippen LogP contribution in [-0.4, -0.2) is 54.2 Å². The number of halogens is 5. The SMILES string of the molecule is COC1C(F)CC(SNC2CCC(C(F)(F)F)[C@H](O)C2)CC1F. The molecule has 2 aliphatic carbocycles. The Morgan fingerprint density at radius 1 is 1.09 bits per heavy atom. The van der Waals surface area contributed by atoms with Gasteiger partial charge in [0.15, 0.2) is 0 Å². The predicted molar refractivity (Wildman–Crippen MR) is 77.5 cm³/mol. The number of rotatable bonds is 4. The topological polar surface area (TPSA) is 41.5 Å². The summed E-state index contributed by atoms with van der Waals surface area (Å²) in [7, 11) is 1.27. The van der Waals surface area contributed by atoms with E-state index in [2.05, 4.69) is 4.72 Å². The Hall–Kier alpha value is -0.120. The van der Waals surface area contributed by atoms with E-state index < -0.39 is 36.6 Å². The van der Waals surface area contributed by atoms with Gasteiger partial charge in [0.05, 0.1) is 12.0 Å². The first kappa shape index (κ1) is 19.2. The molecule has 0 aromatic rings. The van der Waals surface area contributed by atoms with E-state index in [-0.39, 0.29) is 43.4 Å². The highest BCUT2D eigenvalue weighted by Gasteiger charge is 2.47. The van der Waals surface area contributed by atoms with E-state index in [1.165, 1.54) is 7.11 Å². The fraction of sp³-hybridized carbons (Fsp3) is 1.00. The lowest BCUT2D eigenvalue weighted by molar-refractivity contribution is -0.208. The number of ether oxygens (including phenoxy) is 1. The molecule has 9 heteroatoms. The Balaban J connectivity index is 1.77. The maximum absolute atomic E-state index is 13.8. The number of aliphatic hydroxyl groups is 1. The van der Waals surface area contributed by atoms with Gasteiger partial charge in [-0.15, -0.1) is 0 Å². The van der Waals surface area contributed by atoms with Gasteiger partial charge in [-0.2, -0.15) is 13.2 Å². The predicted octanol–water partition coefficient (Wildman–Crippen LogP) is 3.17. The second-order valence-electron chi connectivity index (χ2n) is 6.29. The smallest absolute Gasteiger partial charge is 0.392 e. The van der Waals surface area contributed by atoms with Crippen molar-refractivity contribution in [2.75, 3.05) is 7.11 Å². The zero-order chi connectivity index (χ0) is 17.2. The highest BCUT2D eigenvalue weighted by molar-refractivity contribution is 7.98. The lowest BCUT2D eigenvalue weighted by Crippen LogP contribution is -2.46. The molecule has 0 radical (unpaired) electrons. The summed E-state index contributed by atoms with van der Waals surface area (Å²) in [6.07, 6.45) is -9.26. The molecule has 2 N–H and O–H groups in total. The van der Waals surface area contributed by atoms with Crippen LogP contribution >= 0.6 is 11.9 Å². The van der Waals surface area contributed by atoms with Crippen molar-refractivity contribution in [3.63, 3.8) is 0 Å². The summed E-state index contributed by atoms with van der Waals surface area (Å²) in [4.78, 5) is 0. The molecule has 2 aliphatic rings. The van der Waals surface area contributed by atoms with E-state index >= 15 is 0 Å². The van der Waals surface area contributed by atoms with Gasteiger partial charge in [-0.05, 0) is 32.1 Å². The fourth-order valence-electron chi connectivity index (χ4n) is 3.31. The first-order valence-electron chi connectivity index (χ1n) is 7.69. The quantitative estimate of drug-likeness (QED) is 0.595. The molecule has 0 aliphatic heterocycles. The molecule has 0 spiro atoms. The minimum atomic E-state index is -4.39. The van der Waals surface area contributed by atoms with Crippen LogP contribution in [0.3, 0.4) is 0 Å². The van der Waals surface area contributed by atoms with Gasteiger partial charge in [0.1, 0.15) is 18.4 Å². The molecule has 136 valence electrons. The number of hydrogen-bond acceptors (Lipinski definition) is 4. The third-order valence-electron chi connectivity index (χ3n) is 4.60. The van der Waals surface area contributed by atoms with Crippen molar-refractivity contribution in [1.29, 1.82) is 0 Å². The molecule has 2 rings (SSSR count). The third-order valence-corrected chi connectivity index (χ3v) is 5.79. The van der Waals surface area contributed by atoms with Gasteiger partial charge in [0.25, 0.3) is 0 Å². The second kappa shape index (κ2) is 7.84. The van der Waals surface area contributed by atoms with Crippen LogP contribution in [0.2, 0.25) is 0 Å². The Morgan fingerprint density at radius 3 is 2.17 bits per heavy atom. The molecule has 5 atom stereocenters. The molecule has 2 saturated carbocycles. The number of nitrogens with one attached hydrogen (secondary N) is 1. The number of aliphatic hydroxyl groups excluding tert-OH is 1. The molecule has 0 aromatic heterocycles. The van der Waals surface area contributed by atoms with Gasteiger partial charge in [0.2, 0.25) is 0 Å². The first-order chi connectivity index (χ1) is 10.7. The molecule has 0 amide bonds. The van der Waals surface area contributed by atoms with Crippen molar-refractivity contribution in [3.8, 4) is 0 Å². The van der Waals surface area contributed by atoms with E-state index in [0.29, 0.717) is 0 Å². The van der Waals surface area contributed by atoms with Gasteiger partial charge in [-0.3, -0.25) is 4.72 Å². The van der Waals surface area contributed by atoms with Crippen molar-refractivity contribution in [3.05, 3.63) is 0 Å². The fourth-order valence-corrected chi connectivity index (χ4v) is 4.47. The minimum Gasteiger partial charge on any atom is -0.392 e. The van der Waals surface area contributed by atoms with E-state index in [1.54, 1.807) is 0 Å². The van der Waals surface area contributed by atoms with Gasteiger partial charge >= 0.3 is 6.18 Å². The molecule has 0 saturated heterocycles. The average molecular weight is 363 g/mol. The lowest BCUT2D eigenvalue weighted by atomic mass is 9.83. The highest BCUT2D eigenvalue weighted by atomic mass is 32.2. The standard InChI is InChI=1S/C14H22F5NO2S/c1-22-13-10(15)5-8(6-11(13)16)23-20-7-2-3-9(12(21)4-7)14(17,18)19/h7-13,20-21H,2-6H2,1H3/t7?,8?,9?,10?,11?,12-,13?/m1/s1. The average Bonchev–Trinajstić information content (AvgIpc) is 2.43. The van der Waals surface area contributed by atoms with Crippen LogP contribution in [-0.2, 0) is 4.74 Å². The summed E-state index contributed by atoms with van der Waals surface area (Å²) in [5.41, 5.74) is 0. The number of alkyl halides is 5. The van der Waals surface area contributed by atoms with Crippen LogP contribution in [0, 0.1) is 5.92 Å². The van der Waals surface area contributed by atoms with Crippen LogP contribution in [0.25, 0.3) is 0 Å². The van der Waals surface area contributed by atoms with Gasteiger partial charge < -0.3 is 9.84 Å².